The van der Waals surface area contributed by atoms with Crippen molar-refractivity contribution in [2.45, 2.75) is 13.0 Å². The predicted octanol–water partition coefficient (Wildman–Crippen LogP) is 4.36. The topological polar surface area (TPSA) is 82.2 Å². The van der Waals surface area contributed by atoms with E-state index in [9.17, 15) is 4.79 Å². The number of anilines is 1. The Morgan fingerprint density at radius 2 is 1.87 bits per heavy atom. The Morgan fingerprint density at radius 1 is 1.03 bits per heavy atom. The van der Waals surface area contributed by atoms with E-state index in [2.05, 4.69) is 50.1 Å². The Balaban J connectivity index is 1.49. The van der Waals surface area contributed by atoms with E-state index in [0.717, 1.165) is 27.2 Å². The van der Waals surface area contributed by atoms with Crippen LogP contribution in [0.25, 0.3) is 21.7 Å². The molecule has 4 aromatic rings. The molecule has 0 bridgehead atoms. The second-order valence-electron chi connectivity index (χ2n) is 7.43. The molecule has 2 unspecified atom stereocenters. The van der Waals surface area contributed by atoms with E-state index in [4.69, 9.17) is 12.2 Å². The zero-order valence-corrected chi connectivity index (χ0v) is 17.0. The van der Waals surface area contributed by atoms with Crippen LogP contribution < -0.4 is 10.6 Å². The minimum absolute atomic E-state index is 0.132. The first-order valence-electron chi connectivity index (χ1n) is 9.67. The number of aromatic nitrogens is 2. The number of nitrogens with one attached hydrogen (secondary N) is 3. The number of fused-ring (bicyclic) bond motifs is 2. The SMILES string of the molecule is CC1=NC(=S)NC(c2ccc3ccccc3c2)C1C(=O)Nc1ccc2[nH]ncc2c1. The van der Waals surface area contributed by atoms with Crippen LogP contribution in [0.15, 0.2) is 71.9 Å². The monoisotopic (exact) mass is 413 g/mol. The first-order valence-corrected chi connectivity index (χ1v) is 10.1. The predicted molar refractivity (Wildman–Crippen MR) is 124 cm³/mol. The molecule has 0 fully saturated rings. The summed E-state index contributed by atoms with van der Waals surface area (Å²) in [5, 5.41) is 16.8. The van der Waals surface area contributed by atoms with E-state index in [1.54, 1.807) is 6.20 Å². The Kier molecular flexibility index (Phi) is 4.52. The normalized spacial score (nSPS) is 18.8. The van der Waals surface area contributed by atoms with E-state index >= 15 is 0 Å². The molecule has 1 aromatic heterocycles. The van der Waals surface area contributed by atoms with E-state index in [1.807, 2.05) is 43.3 Å². The lowest BCUT2D eigenvalue weighted by atomic mass is 9.86. The zero-order chi connectivity index (χ0) is 20.7. The summed E-state index contributed by atoms with van der Waals surface area (Å²) in [6.45, 7) is 1.85. The first kappa shape index (κ1) is 18.4. The maximum atomic E-state index is 13.3. The number of aromatic amines is 1. The Labute approximate surface area is 178 Å². The lowest BCUT2D eigenvalue weighted by Gasteiger charge is -2.31. The minimum atomic E-state index is -0.488. The van der Waals surface area contributed by atoms with Crippen LogP contribution in [0.5, 0.6) is 0 Å². The lowest BCUT2D eigenvalue weighted by molar-refractivity contribution is -0.118. The van der Waals surface area contributed by atoms with Gasteiger partial charge < -0.3 is 10.6 Å². The van der Waals surface area contributed by atoms with Crippen LogP contribution in [0.2, 0.25) is 0 Å². The third-order valence-corrected chi connectivity index (χ3v) is 5.67. The first-order chi connectivity index (χ1) is 14.6. The van der Waals surface area contributed by atoms with Gasteiger partial charge in [-0.1, -0.05) is 36.4 Å². The van der Waals surface area contributed by atoms with E-state index in [-0.39, 0.29) is 11.9 Å². The Morgan fingerprint density at radius 3 is 2.73 bits per heavy atom. The van der Waals surface area contributed by atoms with Crippen LogP contribution in [-0.2, 0) is 4.79 Å². The number of amides is 1. The molecule has 0 radical (unpaired) electrons. The molecule has 30 heavy (non-hydrogen) atoms. The molecule has 0 spiro atoms. The fourth-order valence-corrected chi connectivity index (χ4v) is 4.25. The molecule has 148 valence electrons. The van der Waals surface area contributed by atoms with Crippen molar-refractivity contribution in [1.29, 1.82) is 0 Å². The third-order valence-electron chi connectivity index (χ3n) is 5.46. The van der Waals surface area contributed by atoms with Crippen molar-refractivity contribution in [3.63, 3.8) is 0 Å². The van der Waals surface area contributed by atoms with Gasteiger partial charge >= 0.3 is 0 Å². The van der Waals surface area contributed by atoms with Crippen LogP contribution in [0.3, 0.4) is 0 Å². The Bertz CT molecular complexity index is 1330. The fourth-order valence-electron chi connectivity index (χ4n) is 3.98. The summed E-state index contributed by atoms with van der Waals surface area (Å²) in [7, 11) is 0. The van der Waals surface area contributed by atoms with Crippen molar-refractivity contribution in [2.24, 2.45) is 10.9 Å². The molecule has 0 saturated carbocycles. The van der Waals surface area contributed by atoms with Gasteiger partial charge in [0.05, 0.1) is 17.8 Å². The van der Waals surface area contributed by atoms with Crippen LogP contribution in [0, 0.1) is 5.92 Å². The quantitative estimate of drug-likeness (QED) is 0.436. The molecule has 2 atom stereocenters. The van der Waals surface area contributed by atoms with Crippen molar-refractivity contribution in [1.82, 2.24) is 15.5 Å². The van der Waals surface area contributed by atoms with Crippen molar-refractivity contribution < 1.29 is 4.79 Å². The van der Waals surface area contributed by atoms with Gasteiger partial charge in [-0.3, -0.25) is 9.89 Å². The molecule has 1 amide bonds. The largest absolute Gasteiger partial charge is 0.353 e. The van der Waals surface area contributed by atoms with E-state index in [0.29, 0.717) is 16.5 Å². The Hall–Kier alpha value is -3.58. The summed E-state index contributed by atoms with van der Waals surface area (Å²) < 4.78 is 0. The number of carbonyl (C=O) groups excluding carboxylic acids is 1. The van der Waals surface area contributed by atoms with Gasteiger partial charge in [-0.05, 0) is 59.7 Å². The smallest absolute Gasteiger partial charge is 0.235 e. The summed E-state index contributed by atoms with van der Waals surface area (Å²) in [4.78, 5) is 17.7. The number of H-pyrrole nitrogens is 1. The van der Waals surface area contributed by atoms with Gasteiger partial charge in [0.1, 0.15) is 5.92 Å². The summed E-state index contributed by atoms with van der Waals surface area (Å²) in [6, 6.07) is 19.7. The van der Waals surface area contributed by atoms with Crippen LogP contribution >= 0.6 is 12.2 Å². The molecule has 1 aliphatic rings. The van der Waals surface area contributed by atoms with Crippen LogP contribution in [0.1, 0.15) is 18.5 Å². The van der Waals surface area contributed by atoms with Gasteiger partial charge in [-0.15, -0.1) is 0 Å². The highest BCUT2D eigenvalue weighted by atomic mass is 32.1. The summed E-state index contributed by atoms with van der Waals surface area (Å²) in [5.74, 6) is -0.620. The molecule has 2 heterocycles. The average Bonchev–Trinajstić information content (AvgIpc) is 3.20. The number of hydrogen-bond donors (Lipinski definition) is 3. The standard InChI is InChI=1S/C23H19N5OS/c1-13-20(22(29)26-18-8-9-19-17(11-18)12-24-28-19)21(27-23(30)25-13)16-7-6-14-4-2-3-5-15(14)10-16/h2-12,20-21H,1H3,(H,24,28)(H,26,29)(H,27,30). The molecule has 1 aliphatic heterocycles. The van der Waals surface area contributed by atoms with Crippen molar-refractivity contribution >= 4 is 56.3 Å². The molecule has 3 N–H and O–H groups in total. The van der Waals surface area contributed by atoms with Crippen LogP contribution in [-0.4, -0.2) is 26.9 Å². The van der Waals surface area contributed by atoms with Gasteiger partial charge in [-0.2, -0.15) is 5.10 Å². The number of benzene rings is 3. The van der Waals surface area contributed by atoms with Crippen molar-refractivity contribution in [3.8, 4) is 0 Å². The summed E-state index contributed by atoms with van der Waals surface area (Å²) in [5.41, 5.74) is 3.33. The number of rotatable bonds is 3. The number of nitrogens with zero attached hydrogens (tertiary/aromatic N) is 2. The van der Waals surface area contributed by atoms with Gasteiger partial charge in [-0.25, -0.2) is 4.99 Å². The second-order valence-corrected chi connectivity index (χ2v) is 7.81. The summed E-state index contributed by atoms with van der Waals surface area (Å²) in [6.07, 6.45) is 1.73. The minimum Gasteiger partial charge on any atom is -0.353 e. The molecule has 5 rings (SSSR count). The lowest BCUT2D eigenvalue weighted by Crippen LogP contribution is -2.45. The molecule has 7 heteroatoms. The van der Waals surface area contributed by atoms with Crippen molar-refractivity contribution in [2.75, 3.05) is 5.32 Å². The average molecular weight is 414 g/mol. The molecular formula is C23H19N5OS. The zero-order valence-electron chi connectivity index (χ0n) is 16.2. The van der Waals surface area contributed by atoms with Crippen LogP contribution in [0.4, 0.5) is 5.69 Å². The maximum absolute atomic E-state index is 13.3. The highest BCUT2D eigenvalue weighted by Crippen LogP contribution is 2.30. The highest BCUT2D eigenvalue weighted by Gasteiger charge is 2.36. The number of aliphatic imine (C=N–C) groups is 1. The molecular weight excluding hydrogens is 394 g/mol. The molecule has 0 aliphatic carbocycles. The fraction of sp³-hybridized carbons (Fsp3) is 0.130. The third kappa shape index (κ3) is 3.33. The molecule has 0 saturated heterocycles. The van der Waals surface area contributed by atoms with Gasteiger partial charge in [0, 0.05) is 16.8 Å². The maximum Gasteiger partial charge on any atom is 0.235 e. The summed E-state index contributed by atoms with van der Waals surface area (Å²) >= 11 is 5.33. The van der Waals surface area contributed by atoms with Gasteiger partial charge in [0.2, 0.25) is 5.91 Å². The van der Waals surface area contributed by atoms with E-state index in [1.165, 1.54) is 0 Å². The van der Waals surface area contributed by atoms with E-state index < -0.39 is 5.92 Å². The van der Waals surface area contributed by atoms with Crippen molar-refractivity contribution in [3.05, 3.63) is 72.4 Å². The van der Waals surface area contributed by atoms with Gasteiger partial charge in [0.25, 0.3) is 0 Å². The second kappa shape index (κ2) is 7.35. The molecule has 3 aromatic carbocycles. The number of hydrogen-bond acceptors (Lipinski definition) is 3. The number of carbonyl (C=O) groups is 1. The highest BCUT2D eigenvalue weighted by molar-refractivity contribution is 7.80. The molecule has 6 nitrogen and oxygen atoms in total. The number of thiocarbonyl (C=S) groups is 1. The van der Waals surface area contributed by atoms with Gasteiger partial charge in [0.15, 0.2) is 5.11 Å².